The van der Waals surface area contributed by atoms with Crippen LogP contribution in [0.2, 0.25) is 5.02 Å². The van der Waals surface area contributed by atoms with Crippen LogP contribution in [0.5, 0.6) is 0 Å². The monoisotopic (exact) mass is 302 g/mol. The van der Waals surface area contributed by atoms with Crippen molar-refractivity contribution in [3.63, 3.8) is 0 Å². The molecule has 0 saturated carbocycles. The molecule has 1 rings (SSSR count). The van der Waals surface area contributed by atoms with Crippen LogP contribution >= 0.6 is 24.0 Å². The summed E-state index contributed by atoms with van der Waals surface area (Å²) < 4.78 is 38.8. The third-order valence-electron chi connectivity index (χ3n) is 2.00. The number of rotatable bonds is 4. The number of nitrogens with two attached hydrogens (primary N) is 1. The Morgan fingerprint density at radius 3 is 2.61 bits per heavy atom. The molecule has 1 aromatic rings. The van der Waals surface area contributed by atoms with Gasteiger partial charge in [-0.15, -0.1) is 12.4 Å². The summed E-state index contributed by atoms with van der Waals surface area (Å²) in [5, 5.41) is 1.64. The Morgan fingerprint density at radius 1 is 1.44 bits per heavy atom. The zero-order valence-corrected chi connectivity index (χ0v) is 10.6. The maximum atomic E-state index is 13.3. The van der Waals surface area contributed by atoms with Crippen LogP contribution in [0.1, 0.15) is 10.4 Å². The van der Waals surface area contributed by atoms with E-state index in [1.807, 2.05) is 5.32 Å². The number of alkyl halides is 2. The number of benzene rings is 1. The lowest BCUT2D eigenvalue weighted by atomic mass is 10.2. The molecule has 1 aromatic carbocycles. The number of carbonyl (C=O) groups is 1. The van der Waals surface area contributed by atoms with E-state index in [1.165, 1.54) is 12.1 Å². The van der Waals surface area contributed by atoms with Crippen molar-refractivity contribution in [2.45, 2.75) is 5.92 Å². The summed E-state index contributed by atoms with van der Waals surface area (Å²) in [4.78, 5) is 11.4. The lowest BCUT2D eigenvalue weighted by Gasteiger charge is -2.14. The molecule has 0 saturated heterocycles. The van der Waals surface area contributed by atoms with Crippen molar-refractivity contribution < 1.29 is 18.0 Å². The molecule has 8 heteroatoms. The van der Waals surface area contributed by atoms with Crippen LogP contribution in [-0.2, 0) is 0 Å². The molecule has 1 amide bonds. The second-order valence-electron chi connectivity index (χ2n) is 3.34. The molecular formula is C10H11Cl2F3N2O. The number of hydrogen-bond acceptors (Lipinski definition) is 2. The van der Waals surface area contributed by atoms with Crippen LogP contribution in [0, 0.1) is 5.82 Å². The van der Waals surface area contributed by atoms with Crippen LogP contribution in [0.15, 0.2) is 18.2 Å². The lowest BCUT2D eigenvalue weighted by Crippen LogP contribution is -2.41. The first-order chi connectivity index (χ1) is 7.87. The zero-order valence-electron chi connectivity index (χ0n) is 9.05. The SMILES string of the molecule is Cl.NCC(F)(F)CNC(=O)c1cccc(Cl)c1F. The number of amides is 1. The minimum Gasteiger partial charge on any atom is -0.346 e. The molecule has 0 aliphatic carbocycles. The van der Waals surface area contributed by atoms with Crippen LogP contribution in [0.25, 0.3) is 0 Å². The van der Waals surface area contributed by atoms with Gasteiger partial charge in [0.05, 0.1) is 23.7 Å². The van der Waals surface area contributed by atoms with Gasteiger partial charge in [-0.1, -0.05) is 17.7 Å². The molecule has 3 N–H and O–H groups in total. The van der Waals surface area contributed by atoms with E-state index in [1.54, 1.807) is 0 Å². The Balaban J connectivity index is 0.00000289. The Labute approximate surface area is 113 Å². The first-order valence-corrected chi connectivity index (χ1v) is 5.05. The molecule has 0 aliphatic heterocycles. The molecule has 0 spiro atoms. The summed E-state index contributed by atoms with van der Waals surface area (Å²) in [7, 11) is 0. The van der Waals surface area contributed by atoms with Crippen LogP contribution in [-0.4, -0.2) is 24.9 Å². The second kappa shape index (κ2) is 6.82. The lowest BCUT2D eigenvalue weighted by molar-refractivity contribution is 0.0118. The van der Waals surface area contributed by atoms with Crippen molar-refractivity contribution in [2.75, 3.05) is 13.1 Å². The highest BCUT2D eigenvalue weighted by molar-refractivity contribution is 6.31. The Morgan fingerprint density at radius 2 is 2.06 bits per heavy atom. The number of halogens is 5. The summed E-state index contributed by atoms with van der Waals surface area (Å²) in [6, 6.07) is 3.75. The molecule has 0 radical (unpaired) electrons. The minimum atomic E-state index is -3.22. The van der Waals surface area contributed by atoms with Crippen LogP contribution in [0.3, 0.4) is 0 Å². The Bertz CT molecular complexity index is 430. The summed E-state index contributed by atoms with van der Waals surface area (Å²) in [6.07, 6.45) is 0. The predicted octanol–water partition coefficient (Wildman–Crippen LogP) is 2.22. The molecule has 0 atom stereocenters. The van der Waals surface area contributed by atoms with Gasteiger partial charge in [0.25, 0.3) is 11.8 Å². The zero-order chi connectivity index (χ0) is 13.1. The Hall–Kier alpha value is -0.980. The van der Waals surface area contributed by atoms with E-state index in [-0.39, 0.29) is 23.0 Å². The summed E-state index contributed by atoms with van der Waals surface area (Å²) >= 11 is 5.45. The molecule has 3 nitrogen and oxygen atoms in total. The van der Waals surface area contributed by atoms with Gasteiger partial charge >= 0.3 is 0 Å². The van der Waals surface area contributed by atoms with Gasteiger partial charge in [0.15, 0.2) is 5.82 Å². The second-order valence-corrected chi connectivity index (χ2v) is 3.75. The largest absolute Gasteiger partial charge is 0.346 e. The van der Waals surface area contributed by atoms with Crippen molar-refractivity contribution in [2.24, 2.45) is 5.73 Å². The average molecular weight is 303 g/mol. The fraction of sp³-hybridized carbons (Fsp3) is 0.300. The molecule has 0 aromatic heterocycles. The number of nitrogens with one attached hydrogen (secondary N) is 1. The van der Waals surface area contributed by atoms with Crippen molar-refractivity contribution in [1.82, 2.24) is 5.32 Å². The van der Waals surface area contributed by atoms with Gasteiger partial charge in [0.2, 0.25) is 0 Å². The van der Waals surface area contributed by atoms with Crippen molar-refractivity contribution in [3.05, 3.63) is 34.6 Å². The number of hydrogen-bond donors (Lipinski definition) is 2. The van der Waals surface area contributed by atoms with Gasteiger partial charge in [0, 0.05) is 0 Å². The molecule has 102 valence electrons. The predicted molar refractivity (Wildman–Crippen MR) is 65.0 cm³/mol. The van der Waals surface area contributed by atoms with E-state index in [9.17, 15) is 18.0 Å². The van der Waals surface area contributed by atoms with Gasteiger partial charge in [-0.2, -0.15) is 0 Å². The molecule has 0 aliphatic rings. The van der Waals surface area contributed by atoms with Crippen molar-refractivity contribution in [1.29, 1.82) is 0 Å². The number of carbonyl (C=O) groups excluding carboxylic acids is 1. The fourth-order valence-corrected chi connectivity index (χ4v) is 1.23. The van der Waals surface area contributed by atoms with E-state index in [4.69, 9.17) is 17.3 Å². The highest BCUT2D eigenvalue weighted by atomic mass is 35.5. The summed E-state index contributed by atoms with van der Waals surface area (Å²) in [5.74, 6) is -5.12. The molecule has 18 heavy (non-hydrogen) atoms. The van der Waals surface area contributed by atoms with Gasteiger partial charge in [-0.3, -0.25) is 4.79 Å². The van der Waals surface area contributed by atoms with Crippen LogP contribution < -0.4 is 11.1 Å². The highest BCUT2D eigenvalue weighted by Crippen LogP contribution is 2.18. The normalized spacial score (nSPS) is 10.7. The molecule has 0 unspecified atom stereocenters. The minimum absolute atomic E-state index is 0. The first-order valence-electron chi connectivity index (χ1n) is 4.67. The summed E-state index contributed by atoms with van der Waals surface area (Å²) in [6.45, 7) is -1.85. The molecular weight excluding hydrogens is 292 g/mol. The molecule has 0 bridgehead atoms. The quantitative estimate of drug-likeness (QED) is 0.896. The van der Waals surface area contributed by atoms with Gasteiger partial charge < -0.3 is 11.1 Å². The maximum absolute atomic E-state index is 13.3. The van der Waals surface area contributed by atoms with Gasteiger partial charge in [-0.25, -0.2) is 13.2 Å². The van der Waals surface area contributed by atoms with Crippen molar-refractivity contribution >= 4 is 29.9 Å². The summed E-state index contributed by atoms with van der Waals surface area (Å²) in [5.41, 5.74) is 4.40. The van der Waals surface area contributed by atoms with E-state index in [0.29, 0.717) is 0 Å². The van der Waals surface area contributed by atoms with E-state index >= 15 is 0 Å². The van der Waals surface area contributed by atoms with Gasteiger partial charge in [0.1, 0.15) is 0 Å². The van der Waals surface area contributed by atoms with Crippen molar-refractivity contribution in [3.8, 4) is 0 Å². The third-order valence-corrected chi connectivity index (χ3v) is 2.29. The molecule has 0 heterocycles. The third kappa shape index (κ3) is 4.36. The van der Waals surface area contributed by atoms with Gasteiger partial charge in [-0.05, 0) is 12.1 Å². The highest BCUT2D eigenvalue weighted by Gasteiger charge is 2.27. The van der Waals surface area contributed by atoms with E-state index in [2.05, 4.69) is 0 Å². The Kier molecular flexibility index (Phi) is 6.45. The van der Waals surface area contributed by atoms with Crippen LogP contribution in [0.4, 0.5) is 13.2 Å². The van der Waals surface area contributed by atoms with E-state index in [0.717, 1.165) is 6.07 Å². The average Bonchev–Trinajstić information content (AvgIpc) is 2.30. The smallest absolute Gasteiger partial charge is 0.277 e. The topological polar surface area (TPSA) is 55.1 Å². The first kappa shape index (κ1) is 17.0. The van der Waals surface area contributed by atoms with E-state index < -0.39 is 30.7 Å². The molecule has 0 fully saturated rings. The fourth-order valence-electron chi connectivity index (χ4n) is 1.06. The maximum Gasteiger partial charge on any atom is 0.277 e. The standard InChI is InChI=1S/C10H10ClF3N2O.ClH/c11-7-3-1-2-6(8(7)12)9(17)16-5-10(13,14)4-15;/h1-3H,4-5,15H2,(H,16,17);1H.